The SMILES string of the molecule is CCOC(=O)Cc1ccc(NC(=O)[C@H]2CCCN(S(=O)(=O)c3ccc(OCC)c(Cl)c3)C2)cc1. The van der Waals surface area contributed by atoms with Crippen molar-refractivity contribution in [1.29, 1.82) is 0 Å². The van der Waals surface area contributed by atoms with Crippen molar-refractivity contribution in [3.63, 3.8) is 0 Å². The van der Waals surface area contributed by atoms with Gasteiger partial charge in [-0.15, -0.1) is 0 Å². The minimum Gasteiger partial charge on any atom is -0.492 e. The molecule has 10 heteroatoms. The number of hydrogen-bond acceptors (Lipinski definition) is 6. The fraction of sp³-hybridized carbons (Fsp3) is 0.417. The summed E-state index contributed by atoms with van der Waals surface area (Å²) < 4.78 is 38.0. The van der Waals surface area contributed by atoms with E-state index in [0.717, 1.165) is 5.56 Å². The van der Waals surface area contributed by atoms with Crippen LogP contribution in [0, 0.1) is 5.92 Å². The van der Waals surface area contributed by atoms with Gasteiger partial charge in [0.05, 0.1) is 35.5 Å². The Balaban J connectivity index is 1.64. The summed E-state index contributed by atoms with van der Waals surface area (Å²) in [4.78, 5) is 24.5. The average Bonchev–Trinajstić information content (AvgIpc) is 2.82. The van der Waals surface area contributed by atoms with E-state index in [9.17, 15) is 18.0 Å². The fourth-order valence-electron chi connectivity index (χ4n) is 3.77. The Hall–Kier alpha value is -2.62. The van der Waals surface area contributed by atoms with Crippen LogP contribution in [0.25, 0.3) is 0 Å². The Bertz CT molecular complexity index is 1120. The zero-order chi connectivity index (χ0) is 24.7. The predicted molar refractivity (Wildman–Crippen MR) is 130 cm³/mol. The van der Waals surface area contributed by atoms with Crippen LogP contribution in [-0.2, 0) is 30.8 Å². The number of sulfonamides is 1. The molecule has 0 spiro atoms. The largest absolute Gasteiger partial charge is 0.492 e. The number of amides is 1. The molecule has 0 bridgehead atoms. The van der Waals surface area contributed by atoms with E-state index in [1.807, 2.05) is 6.92 Å². The Labute approximate surface area is 205 Å². The summed E-state index contributed by atoms with van der Waals surface area (Å²) in [5, 5.41) is 3.07. The number of halogens is 1. The summed E-state index contributed by atoms with van der Waals surface area (Å²) in [5.41, 5.74) is 1.36. The molecule has 1 atom stereocenters. The van der Waals surface area contributed by atoms with Crippen LogP contribution in [0.5, 0.6) is 5.75 Å². The molecule has 2 aromatic carbocycles. The van der Waals surface area contributed by atoms with Gasteiger partial charge >= 0.3 is 5.97 Å². The number of anilines is 1. The first kappa shape index (κ1) is 26.0. The highest BCUT2D eigenvalue weighted by Crippen LogP contribution is 2.30. The van der Waals surface area contributed by atoms with Crippen LogP contribution < -0.4 is 10.1 Å². The van der Waals surface area contributed by atoms with Crippen molar-refractivity contribution < 1.29 is 27.5 Å². The highest BCUT2D eigenvalue weighted by Gasteiger charge is 2.33. The fourth-order valence-corrected chi connectivity index (χ4v) is 5.62. The van der Waals surface area contributed by atoms with Crippen molar-refractivity contribution in [2.45, 2.75) is 38.0 Å². The number of benzene rings is 2. The van der Waals surface area contributed by atoms with Gasteiger partial charge in [0.15, 0.2) is 0 Å². The van der Waals surface area contributed by atoms with Crippen molar-refractivity contribution in [3.8, 4) is 5.75 Å². The maximum Gasteiger partial charge on any atom is 0.310 e. The third-order valence-corrected chi connectivity index (χ3v) is 7.63. The van der Waals surface area contributed by atoms with E-state index in [1.165, 1.54) is 16.4 Å². The first-order chi connectivity index (χ1) is 16.2. The molecule has 1 amide bonds. The van der Waals surface area contributed by atoms with Crippen LogP contribution in [0.3, 0.4) is 0 Å². The van der Waals surface area contributed by atoms with E-state index in [4.69, 9.17) is 21.1 Å². The molecule has 1 aliphatic heterocycles. The quantitative estimate of drug-likeness (QED) is 0.516. The standard InChI is InChI=1S/C24H29ClN2O6S/c1-3-32-22-12-11-20(15-21(22)25)34(30,31)27-13-5-6-18(16-27)24(29)26-19-9-7-17(8-10-19)14-23(28)33-4-2/h7-12,15,18H,3-6,13-14,16H2,1-2H3,(H,26,29)/t18-/m0/s1. The number of nitrogens with zero attached hydrogens (tertiary/aromatic N) is 1. The molecular formula is C24H29ClN2O6S. The average molecular weight is 509 g/mol. The van der Waals surface area contributed by atoms with Gasteiger partial charge in [-0.25, -0.2) is 8.42 Å². The summed E-state index contributed by atoms with van der Waals surface area (Å²) in [7, 11) is -3.81. The molecule has 2 aromatic rings. The van der Waals surface area contributed by atoms with Gasteiger partial charge in [-0.1, -0.05) is 23.7 Å². The summed E-state index contributed by atoms with van der Waals surface area (Å²) in [6.45, 7) is 4.73. The van der Waals surface area contributed by atoms with Gasteiger partial charge in [0.25, 0.3) is 0 Å². The molecule has 0 saturated carbocycles. The lowest BCUT2D eigenvalue weighted by atomic mass is 9.98. The Morgan fingerprint density at radius 2 is 1.85 bits per heavy atom. The van der Waals surface area contributed by atoms with Gasteiger partial charge in [0, 0.05) is 18.8 Å². The lowest BCUT2D eigenvalue weighted by molar-refractivity contribution is -0.142. The van der Waals surface area contributed by atoms with Crippen molar-refractivity contribution in [1.82, 2.24) is 4.31 Å². The van der Waals surface area contributed by atoms with Gasteiger partial charge in [0.2, 0.25) is 15.9 Å². The zero-order valence-electron chi connectivity index (χ0n) is 19.3. The number of carbonyl (C=O) groups is 2. The second-order valence-corrected chi connectivity index (χ2v) is 10.2. The summed E-state index contributed by atoms with van der Waals surface area (Å²) >= 11 is 6.18. The Morgan fingerprint density at radius 1 is 1.12 bits per heavy atom. The minimum atomic E-state index is -3.81. The van der Waals surface area contributed by atoms with Crippen LogP contribution >= 0.6 is 11.6 Å². The van der Waals surface area contributed by atoms with E-state index in [1.54, 1.807) is 37.3 Å². The monoisotopic (exact) mass is 508 g/mol. The molecule has 34 heavy (non-hydrogen) atoms. The number of nitrogens with one attached hydrogen (secondary N) is 1. The highest BCUT2D eigenvalue weighted by molar-refractivity contribution is 7.89. The smallest absolute Gasteiger partial charge is 0.310 e. The maximum absolute atomic E-state index is 13.2. The molecule has 0 radical (unpaired) electrons. The maximum atomic E-state index is 13.2. The first-order valence-electron chi connectivity index (χ1n) is 11.2. The molecule has 1 saturated heterocycles. The second kappa shape index (κ2) is 11.7. The van der Waals surface area contributed by atoms with Crippen molar-refractivity contribution in [2.24, 2.45) is 5.92 Å². The van der Waals surface area contributed by atoms with Crippen LogP contribution in [-0.4, -0.2) is 50.9 Å². The molecule has 1 aliphatic rings. The van der Waals surface area contributed by atoms with Gasteiger partial charge in [-0.05, 0) is 62.6 Å². The van der Waals surface area contributed by atoms with E-state index in [2.05, 4.69) is 5.32 Å². The highest BCUT2D eigenvalue weighted by atomic mass is 35.5. The minimum absolute atomic E-state index is 0.0687. The van der Waals surface area contributed by atoms with Gasteiger partial charge in [-0.3, -0.25) is 9.59 Å². The molecule has 8 nitrogen and oxygen atoms in total. The molecule has 0 unspecified atom stereocenters. The number of hydrogen-bond donors (Lipinski definition) is 1. The summed E-state index contributed by atoms with van der Waals surface area (Å²) in [6, 6.07) is 11.3. The normalized spacial score (nSPS) is 16.6. The summed E-state index contributed by atoms with van der Waals surface area (Å²) in [5.74, 6) is -0.618. The van der Waals surface area contributed by atoms with Crippen molar-refractivity contribution in [2.75, 3.05) is 31.6 Å². The van der Waals surface area contributed by atoms with E-state index in [0.29, 0.717) is 44.0 Å². The molecule has 1 N–H and O–H groups in total. The topological polar surface area (TPSA) is 102 Å². The van der Waals surface area contributed by atoms with Crippen molar-refractivity contribution >= 4 is 39.2 Å². The lowest BCUT2D eigenvalue weighted by Gasteiger charge is -2.31. The lowest BCUT2D eigenvalue weighted by Crippen LogP contribution is -2.43. The van der Waals surface area contributed by atoms with Gasteiger partial charge in [-0.2, -0.15) is 4.31 Å². The number of esters is 1. The summed E-state index contributed by atoms with van der Waals surface area (Å²) in [6.07, 6.45) is 1.32. The third kappa shape index (κ3) is 6.49. The second-order valence-electron chi connectivity index (χ2n) is 7.90. The first-order valence-corrected chi connectivity index (χ1v) is 13.0. The molecule has 3 rings (SSSR count). The predicted octanol–water partition coefficient (Wildman–Crippen LogP) is 3.88. The van der Waals surface area contributed by atoms with Gasteiger partial charge < -0.3 is 14.8 Å². The van der Waals surface area contributed by atoms with Crippen LogP contribution in [0.15, 0.2) is 47.4 Å². The van der Waals surface area contributed by atoms with Crippen molar-refractivity contribution in [3.05, 3.63) is 53.1 Å². The number of ether oxygens (including phenoxy) is 2. The third-order valence-electron chi connectivity index (χ3n) is 5.47. The van der Waals surface area contributed by atoms with Crippen LogP contribution in [0.1, 0.15) is 32.3 Å². The Morgan fingerprint density at radius 3 is 2.50 bits per heavy atom. The number of piperidine rings is 1. The van der Waals surface area contributed by atoms with E-state index < -0.39 is 15.9 Å². The number of rotatable bonds is 9. The molecule has 1 fully saturated rings. The molecule has 1 heterocycles. The van der Waals surface area contributed by atoms with E-state index >= 15 is 0 Å². The molecule has 0 aliphatic carbocycles. The molecular weight excluding hydrogens is 480 g/mol. The zero-order valence-corrected chi connectivity index (χ0v) is 20.8. The molecule has 0 aromatic heterocycles. The Kier molecular flexibility index (Phi) is 8.93. The van der Waals surface area contributed by atoms with E-state index in [-0.39, 0.29) is 34.8 Å². The van der Waals surface area contributed by atoms with Gasteiger partial charge in [0.1, 0.15) is 5.75 Å². The molecule has 184 valence electrons. The number of carbonyl (C=O) groups excluding carboxylic acids is 2. The van der Waals surface area contributed by atoms with Crippen LogP contribution in [0.4, 0.5) is 5.69 Å². The van der Waals surface area contributed by atoms with Crippen LogP contribution in [0.2, 0.25) is 5.02 Å².